The number of rotatable bonds is 1. The second-order valence-corrected chi connectivity index (χ2v) is 4.78. The van der Waals surface area contributed by atoms with Crippen LogP contribution >= 0.6 is 0 Å². The SMILES string of the molecule is CC1CN(C(=O)C2CCC(=O)N2)CCC1O. The monoisotopic (exact) mass is 226 g/mol. The molecule has 2 saturated heterocycles. The second-order valence-electron chi connectivity index (χ2n) is 4.78. The maximum atomic E-state index is 12.0. The Morgan fingerprint density at radius 1 is 1.50 bits per heavy atom. The molecule has 0 radical (unpaired) electrons. The molecular weight excluding hydrogens is 208 g/mol. The highest BCUT2D eigenvalue weighted by Crippen LogP contribution is 2.19. The molecule has 0 saturated carbocycles. The zero-order chi connectivity index (χ0) is 11.7. The van der Waals surface area contributed by atoms with E-state index in [4.69, 9.17) is 0 Å². The number of carbonyl (C=O) groups is 2. The van der Waals surface area contributed by atoms with E-state index in [-0.39, 0.29) is 29.9 Å². The Morgan fingerprint density at radius 2 is 2.25 bits per heavy atom. The van der Waals surface area contributed by atoms with Crippen LogP contribution in [0.1, 0.15) is 26.2 Å². The summed E-state index contributed by atoms with van der Waals surface area (Å²) in [5.74, 6) is 0.0860. The van der Waals surface area contributed by atoms with E-state index in [1.807, 2.05) is 6.92 Å². The number of aliphatic hydroxyl groups is 1. The van der Waals surface area contributed by atoms with E-state index in [1.54, 1.807) is 4.90 Å². The van der Waals surface area contributed by atoms with Crippen LogP contribution in [0, 0.1) is 5.92 Å². The molecule has 3 unspecified atom stereocenters. The van der Waals surface area contributed by atoms with Gasteiger partial charge in [-0.1, -0.05) is 6.92 Å². The molecule has 2 heterocycles. The molecule has 2 N–H and O–H groups in total. The van der Waals surface area contributed by atoms with Gasteiger partial charge < -0.3 is 15.3 Å². The molecule has 0 aromatic heterocycles. The van der Waals surface area contributed by atoms with E-state index in [0.29, 0.717) is 32.4 Å². The van der Waals surface area contributed by atoms with Gasteiger partial charge in [-0.15, -0.1) is 0 Å². The van der Waals surface area contributed by atoms with Gasteiger partial charge in [0.1, 0.15) is 6.04 Å². The summed E-state index contributed by atoms with van der Waals surface area (Å²) >= 11 is 0. The summed E-state index contributed by atoms with van der Waals surface area (Å²) in [6.45, 7) is 3.13. The fourth-order valence-corrected chi connectivity index (χ4v) is 2.35. The zero-order valence-corrected chi connectivity index (χ0v) is 9.48. The van der Waals surface area contributed by atoms with Crippen molar-refractivity contribution in [3.8, 4) is 0 Å². The Kier molecular flexibility index (Phi) is 3.14. The van der Waals surface area contributed by atoms with Crippen LogP contribution in [0.25, 0.3) is 0 Å². The summed E-state index contributed by atoms with van der Waals surface area (Å²) < 4.78 is 0. The summed E-state index contributed by atoms with van der Waals surface area (Å²) in [5, 5.41) is 12.3. The molecule has 16 heavy (non-hydrogen) atoms. The summed E-state index contributed by atoms with van der Waals surface area (Å²) in [4.78, 5) is 24.8. The van der Waals surface area contributed by atoms with Crippen molar-refractivity contribution in [3.05, 3.63) is 0 Å². The molecule has 2 amide bonds. The molecule has 5 heteroatoms. The molecule has 0 spiro atoms. The Bertz CT molecular complexity index is 306. The lowest BCUT2D eigenvalue weighted by atomic mass is 9.96. The lowest BCUT2D eigenvalue weighted by Crippen LogP contribution is -2.50. The van der Waals surface area contributed by atoms with Crippen LogP contribution in [0.2, 0.25) is 0 Å². The summed E-state index contributed by atoms with van der Waals surface area (Å²) in [5.41, 5.74) is 0. The molecule has 2 rings (SSSR count). The van der Waals surface area contributed by atoms with Crippen LogP contribution in [0.5, 0.6) is 0 Å². The van der Waals surface area contributed by atoms with Crippen LogP contribution in [-0.2, 0) is 9.59 Å². The first-order valence-electron chi connectivity index (χ1n) is 5.84. The van der Waals surface area contributed by atoms with Crippen molar-refractivity contribution >= 4 is 11.8 Å². The lowest BCUT2D eigenvalue weighted by molar-refractivity contribution is -0.137. The molecule has 0 aromatic carbocycles. The van der Waals surface area contributed by atoms with Gasteiger partial charge in [0.15, 0.2) is 0 Å². The van der Waals surface area contributed by atoms with Crippen molar-refractivity contribution in [1.82, 2.24) is 10.2 Å². The highest BCUT2D eigenvalue weighted by Gasteiger charge is 2.34. The maximum absolute atomic E-state index is 12.0. The van der Waals surface area contributed by atoms with Crippen LogP contribution < -0.4 is 5.32 Å². The molecule has 0 bridgehead atoms. The number of nitrogens with zero attached hydrogens (tertiary/aromatic N) is 1. The van der Waals surface area contributed by atoms with Crippen LogP contribution in [0.3, 0.4) is 0 Å². The minimum Gasteiger partial charge on any atom is -0.393 e. The van der Waals surface area contributed by atoms with Gasteiger partial charge in [-0.05, 0) is 18.8 Å². The van der Waals surface area contributed by atoms with Gasteiger partial charge in [-0.3, -0.25) is 9.59 Å². The topological polar surface area (TPSA) is 69.6 Å². The van der Waals surface area contributed by atoms with E-state index >= 15 is 0 Å². The van der Waals surface area contributed by atoms with Crippen LogP contribution in [0.15, 0.2) is 0 Å². The van der Waals surface area contributed by atoms with Crippen LogP contribution in [0.4, 0.5) is 0 Å². The first-order chi connectivity index (χ1) is 7.58. The first-order valence-corrected chi connectivity index (χ1v) is 5.84. The van der Waals surface area contributed by atoms with Crippen molar-refractivity contribution in [2.24, 2.45) is 5.92 Å². The van der Waals surface area contributed by atoms with E-state index in [1.165, 1.54) is 0 Å². The zero-order valence-electron chi connectivity index (χ0n) is 9.48. The van der Waals surface area contributed by atoms with Gasteiger partial charge in [-0.25, -0.2) is 0 Å². The quantitative estimate of drug-likeness (QED) is 0.633. The molecule has 5 nitrogen and oxygen atoms in total. The van der Waals surface area contributed by atoms with Gasteiger partial charge >= 0.3 is 0 Å². The third-order valence-electron chi connectivity index (χ3n) is 3.47. The molecule has 2 aliphatic rings. The second kappa shape index (κ2) is 4.41. The number of hydrogen-bond acceptors (Lipinski definition) is 3. The first kappa shape index (κ1) is 11.4. The Morgan fingerprint density at radius 3 is 2.81 bits per heavy atom. The molecule has 3 atom stereocenters. The average Bonchev–Trinajstić information content (AvgIpc) is 2.68. The van der Waals surface area contributed by atoms with Crippen molar-refractivity contribution in [3.63, 3.8) is 0 Å². The number of piperidine rings is 1. The molecule has 0 aliphatic carbocycles. The number of hydrogen-bond donors (Lipinski definition) is 2. The average molecular weight is 226 g/mol. The number of aliphatic hydroxyl groups excluding tert-OH is 1. The summed E-state index contributed by atoms with van der Waals surface area (Å²) in [6, 6.07) is -0.338. The van der Waals surface area contributed by atoms with Gasteiger partial charge in [-0.2, -0.15) is 0 Å². The third kappa shape index (κ3) is 2.19. The highest BCUT2D eigenvalue weighted by molar-refractivity contribution is 5.90. The Hall–Kier alpha value is -1.10. The number of carbonyl (C=O) groups excluding carboxylic acids is 2. The van der Waals surface area contributed by atoms with Gasteiger partial charge in [0.2, 0.25) is 11.8 Å². The van der Waals surface area contributed by atoms with Crippen molar-refractivity contribution in [1.29, 1.82) is 0 Å². The number of likely N-dealkylation sites (tertiary alicyclic amines) is 1. The number of amides is 2. The van der Waals surface area contributed by atoms with E-state index in [2.05, 4.69) is 5.32 Å². The lowest BCUT2D eigenvalue weighted by Gasteiger charge is -2.35. The Balaban J connectivity index is 1.92. The summed E-state index contributed by atoms with van der Waals surface area (Å²) in [6.07, 6.45) is 1.38. The van der Waals surface area contributed by atoms with E-state index < -0.39 is 0 Å². The smallest absolute Gasteiger partial charge is 0.245 e. The van der Waals surface area contributed by atoms with E-state index in [9.17, 15) is 14.7 Å². The predicted octanol–water partition coefficient (Wildman–Crippen LogP) is -0.506. The minimum atomic E-state index is -0.338. The molecule has 2 aliphatic heterocycles. The standard InChI is InChI=1S/C11H18N2O3/c1-7-6-13(5-4-9(7)14)11(16)8-2-3-10(15)12-8/h7-9,14H,2-6H2,1H3,(H,12,15). The molecular formula is C11H18N2O3. The molecule has 0 aromatic rings. The predicted molar refractivity (Wildman–Crippen MR) is 57.5 cm³/mol. The van der Waals surface area contributed by atoms with Gasteiger partial charge in [0.25, 0.3) is 0 Å². The maximum Gasteiger partial charge on any atom is 0.245 e. The Labute approximate surface area is 94.8 Å². The van der Waals surface area contributed by atoms with Crippen molar-refractivity contribution in [2.45, 2.75) is 38.3 Å². The molecule has 2 fully saturated rings. The fraction of sp³-hybridized carbons (Fsp3) is 0.818. The third-order valence-corrected chi connectivity index (χ3v) is 3.47. The number of nitrogens with one attached hydrogen (secondary N) is 1. The van der Waals surface area contributed by atoms with E-state index in [0.717, 1.165) is 0 Å². The van der Waals surface area contributed by atoms with Gasteiger partial charge in [0.05, 0.1) is 6.10 Å². The highest BCUT2D eigenvalue weighted by atomic mass is 16.3. The molecule has 90 valence electrons. The largest absolute Gasteiger partial charge is 0.393 e. The normalized spacial score (nSPS) is 35.0. The van der Waals surface area contributed by atoms with Gasteiger partial charge in [0, 0.05) is 19.5 Å². The minimum absolute atomic E-state index is 0.00426. The van der Waals surface area contributed by atoms with Crippen molar-refractivity contribution in [2.75, 3.05) is 13.1 Å². The van der Waals surface area contributed by atoms with Crippen molar-refractivity contribution < 1.29 is 14.7 Å². The fourth-order valence-electron chi connectivity index (χ4n) is 2.35. The summed E-state index contributed by atoms with van der Waals surface area (Å²) in [7, 11) is 0. The van der Waals surface area contributed by atoms with Crippen LogP contribution in [-0.4, -0.2) is 47.1 Å².